The van der Waals surface area contributed by atoms with Crippen molar-refractivity contribution in [1.82, 2.24) is 5.32 Å². The van der Waals surface area contributed by atoms with Crippen molar-refractivity contribution < 1.29 is 13.2 Å². The number of halogens is 3. The van der Waals surface area contributed by atoms with E-state index in [0.29, 0.717) is 30.5 Å². The van der Waals surface area contributed by atoms with E-state index >= 15 is 0 Å². The van der Waals surface area contributed by atoms with Gasteiger partial charge in [-0.1, -0.05) is 6.92 Å². The Morgan fingerprint density at radius 3 is 2.73 bits per heavy atom. The average Bonchev–Trinajstić information content (AvgIpc) is 2.25. The van der Waals surface area contributed by atoms with Crippen molar-refractivity contribution >= 4 is 0 Å². The summed E-state index contributed by atoms with van der Waals surface area (Å²) in [5, 5.41) is 3.08. The molecule has 82 valence electrons. The summed E-state index contributed by atoms with van der Waals surface area (Å²) in [6.45, 7) is 2.56. The molecule has 15 heavy (non-hydrogen) atoms. The summed E-state index contributed by atoms with van der Waals surface area (Å²) in [5.41, 5.74) is 0.875. The summed E-state index contributed by atoms with van der Waals surface area (Å²) in [7, 11) is 0. The van der Waals surface area contributed by atoms with Gasteiger partial charge in [0.2, 0.25) is 0 Å². The number of benzene rings is 1. The first kappa shape index (κ1) is 10.5. The van der Waals surface area contributed by atoms with Crippen LogP contribution < -0.4 is 5.32 Å². The molecule has 0 saturated heterocycles. The summed E-state index contributed by atoms with van der Waals surface area (Å²) in [5.74, 6) is -3.50. The van der Waals surface area contributed by atoms with Crippen LogP contribution in [0.4, 0.5) is 13.2 Å². The monoisotopic (exact) mass is 215 g/mol. The highest BCUT2D eigenvalue weighted by atomic mass is 19.2. The number of hydrogen-bond donors (Lipinski definition) is 1. The number of hydrogen-bond acceptors (Lipinski definition) is 1. The summed E-state index contributed by atoms with van der Waals surface area (Å²) in [4.78, 5) is 0. The fourth-order valence-corrected chi connectivity index (χ4v) is 2.07. The molecule has 2 rings (SSSR count). The van der Waals surface area contributed by atoms with Crippen LogP contribution in [0, 0.1) is 17.5 Å². The quantitative estimate of drug-likeness (QED) is 0.710. The third-order valence-corrected chi connectivity index (χ3v) is 2.83. The maximum absolute atomic E-state index is 13.5. The predicted molar refractivity (Wildman–Crippen MR) is 51.1 cm³/mol. The standard InChI is InChI=1S/C11H12F3N/c1-2-8-9-6(3-4-15-8)5-7(12)10(13)11(9)14/h5,8,15H,2-4H2,1H3. The van der Waals surface area contributed by atoms with E-state index in [9.17, 15) is 13.2 Å². The van der Waals surface area contributed by atoms with E-state index < -0.39 is 17.5 Å². The van der Waals surface area contributed by atoms with Crippen LogP contribution in [-0.4, -0.2) is 6.54 Å². The lowest BCUT2D eigenvalue weighted by atomic mass is 9.92. The molecule has 0 aliphatic carbocycles. The number of fused-ring (bicyclic) bond motifs is 1. The van der Waals surface area contributed by atoms with Crippen molar-refractivity contribution in [2.24, 2.45) is 0 Å². The molecule has 0 radical (unpaired) electrons. The maximum atomic E-state index is 13.5. The molecule has 1 aliphatic rings. The molecule has 1 aromatic carbocycles. The lowest BCUT2D eigenvalue weighted by molar-refractivity contribution is 0.405. The van der Waals surface area contributed by atoms with Gasteiger partial charge < -0.3 is 5.32 Å². The third-order valence-electron chi connectivity index (χ3n) is 2.83. The zero-order chi connectivity index (χ0) is 11.0. The van der Waals surface area contributed by atoms with Crippen LogP contribution in [0.3, 0.4) is 0 Å². The molecule has 1 N–H and O–H groups in total. The smallest absolute Gasteiger partial charge is 0.194 e. The van der Waals surface area contributed by atoms with E-state index in [2.05, 4.69) is 5.32 Å². The van der Waals surface area contributed by atoms with Gasteiger partial charge in [-0.25, -0.2) is 13.2 Å². The summed E-state index contributed by atoms with van der Waals surface area (Å²) >= 11 is 0. The average molecular weight is 215 g/mol. The van der Waals surface area contributed by atoms with Crippen molar-refractivity contribution in [3.63, 3.8) is 0 Å². The van der Waals surface area contributed by atoms with Crippen molar-refractivity contribution in [3.8, 4) is 0 Å². The minimum absolute atomic E-state index is 0.205. The zero-order valence-corrected chi connectivity index (χ0v) is 8.41. The highest BCUT2D eigenvalue weighted by molar-refractivity contribution is 5.35. The molecule has 0 amide bonds. The van der Waals surface area contributed by atoms with Gasteiger partial charge in [-0.2, -0.15) is 0 Å². The first-order chi connectivity index (χ1) is 7.15. The van der Waals surface area contributed by atoms with Crippen LogP contribution in [0.15, 0.2) is 6.07 Å². The second kappa shape index (κ2) is 3.85. The Hall–Kier alpha value is -1.03. The molecule has 1 atom stereocenters. The Morgan fingerprint density at radius 1 is 1.33 bits per heavy atom. The molecule has 1 unspecified atom stereocenters. The van der Waals surface area contributed by atoms with Gasteiger partial charge in [0.15, 0.2) is 17.5 Å². The Kier molecular flexibility index (Phi) is 2.69. The predicted octanol–water partition coefficient (Wildman–Crippen LogP) is 2.70. The van der Waals surface area contributed by atoms with Crippen LogP contribution in [0.2, 0.25) is 0 Å². The Morgan fingerprint density at radius 2 is 2.07 bits per heavy atom. The number of nitrogens with one attached hydrogen (secondary N) is 1. The van der Waals surface area contributed by atoms with Crippen LogP contribution in [0.5, 0.6) is 0 Å². The Labute approximate surface area is 86.3 Å². The molecule has 0 aromatic heterocycles. The molecule has 0 spiro atoms. The molecular formula is C11H12F3N. The van der Waals surface area contributed by atoms with E-state index in [0.717, 1.165) is 6.07 Å². The summed E-state index contributed by atoms with van der Waals surface area (Å²) in [6.07, 6.45) is 1.20. The molecule has 0 saturated carbocycles. The molecule has 1 aliphatic heterocycles. The number of rotatable bonds is 1. The molecule has 4 heteroatoms. The fraction of sp³-hybridized carbons (Fsp3) is 0.455. The van der Waals surface area contributed by atoms with Gasteiger partial charge >= 0.3 is 0 Å². The van der Waals surface area contributed by atoms with E-state index in [1.165, 1.54) is 0 Å². The molecule has 0 fully saturated rings. The Bertz CT molecular complexity index is 390. The lowest BCUT2D eigenvalue weighted by Crippen LogP contribution is -2.31. The second-order valence-electron chi connectivity index (χ2n) is 3.72. The van der Waals surface area contributed by atoms with Crippen LogP contribution >= 0.6 is 0 Å². The van der Waals surface area contributed by atoms with Crippen molar-refractivity contribution in [2.75, 3.05) is 6.54 Å². The van der Waals surface area contributed by atoms with Crippen LogP contribution in [0.1, 0.15) is 30.5 Å². The summed E-state index contributed by atoms with van der Waals surface area (Å²) in [6, 6.07) is 0.904. The van der Waals surface area contributed by atoms with Gasteiger partial charge in [-0.05, 0) is 31.0 Å². The zero-order valence-electron chi connectivity index (χ0n) is 8.41. The second-order valence-corrected chi connectivity index (χ2v) is 3.72. The highest BCUT2D eigenvalue weighted by Gasteiger charge is 2.26. The van der Waals surface area contributed by atoms with Crippen LogP contribution in [-0.2, 0) is 6.42 Å². The fourth-order valence-electron chi connectivity index (χ4n) is 2.07. The first-order valence-corrected chi connectivity index (χ1v) is 5.04. The molecular weight excluding hydrogens is 203 g/mol. The first-order valence-electron chi connectivity index (χ1n) is 5.04. The largest absolute Gasteiger partial charge is 0.310 e. The molecule has 0 bridgehead atoms. The van der Waals surface area contributed by atoms with Crippen LogP contribution in [0.25, 0.3) is 0 Å². The maximum Gasteiger partial charge on any atom is 0.194 e. The van der Waals surface area contributed by atoms with E-state index in [1.807, 2.05) is 6.92 Å². The van der Waals surface area contributed by atoms with Gasteiger partial charge in [0, 0.05) is 11.6 Å². The van der Waals surface area contributed by atoms with Gasteiger partial charge in [0.25, 0.3) is 0 Å². The van der Waals surface area contributed by atoms with Crippen molar-refractivity contribution in [2.45, 2.75) is 25.8 Å². The van der Waals surface area contributed by atoms with Gasteiger partial charge in [0.05, 0.1) is 0 Å². The molecule has 1 nitrogen and oxygen atoms in total. The molecule has 1 heterocycles. The SMILES string of the molecule is CCC1NCCc2cc(F)c(F)c(F)c21. The van der Waals surface area contributed by atoms with Gasteiger partial charge in [-0.15, -0.1) is 0 Å². The Balaban J connectivity index is 2.59. The minimum Gasteiger partial charge on any atom is -0.310 e. The van der Waals surface area contributed by atoms with Crippen molar-refractivity contribution in [1.29, 1.82) is 0 Å². The van der Waals surface area contributed by atoms with Gasteiger partial charge in [-0.3, -0.25) is 0 Å². The van der Waals surface area contributed by atoms with E-state index in [1.54, 1.807) is 0 Å². The van der Waals surface area contributed by atoms with Gasteiger partial charge in [0.1, 0.15) is 0 Å². The third kappa shape index (κ3) is 1.63. The van der Waals surface area contributed by atoms with E-state index in [4.69, 9.17) is 0 Å². The summed E-state index contributed by atoms with van der Waals surface area (Å²) < 4.78 is 39.5. The minimum atomic E-state index is -1.36. The molecule has 1 aromatic rings. The lowest BCUT2D eigenvalue weighted by Gasteiger charge is -2.26. The topological polar surface area (TPSA) is 12.0 Å². The van der Waals surface area contributed by atoms with E-state index in [-0.39, 0.29) is 6.04 Å². The normalized spacial score (nSPS) is 20.1. The van der Waals surface area contributed by atoms with Crippen molar-refractivity contribution in [3.05, 3.63) is 34.6 Å². The highest BCUT2D eigenvalue weighted by Crippen LogP contribution is 2.30.